The summed E-state index contributed by atoms with van der Waals surface area (Å²) >= 11 is 2.37. The van der Waals surface area contributed by atoms with Crippen LogP contribution in [-0.2, 0) is 16.8 Å². The molecule has 1 aromatic rings. The van der Waals surface area contributed by atoms with Crippen LogP contribution in [0.15, 0.2) is 0 Å². The highest BCUT2D eigenvalue weighted by atomic mass is 127. The first-order chi connectivity index (χ1) is 10.2. The predicted molar refractivity (Wildman–Crippen MR) is 94.7 cm³/mol. The van der Waals surface area contributed by atoms with Gasteiger partial charge in [-0.05, 0) is 68.5 Å². The van der Waals surface area contributed by atoms with Gasteiger partial charge in [0.2, 0.25) is 0 Å². The van der Waals surface area contributed by atoms with Gasteiger partial charge < -0.3 is 10.1 Å². The van der Waals surface area contributed by atoms with Gasteiger partial charge in [0.25, 0.3) is 0 Å². The molecule has 1 saturated carbocycles. The Hall–Kier alpha value is -0.430. The SMILES string of the molecule is CCCc1nc(C2(OCC)CCCC2)nc(NCC)c1I. The van der Waals surface area contributed by atoms with E-state index in [1.165, 1.54) is 12.8 Å². The molecule has 1 fully saturated rings. The minimum atomic E-state index is -0.258. The molecule has 4 nitrogen and oxygen atoms in total. The molecule has 21 heavy (non-hydrogen) atoms. The first kappa shape index (κ1) is 16.9. The fourth-order valence-corrected chi connectivity index (χ4v) is 3.74. The van der Waals surface area contributed by atoms with Crippen LogP contribution >= 0.6 is 22.6 Å². The number of nitrogens with zero attached hydrogens (tertiary/aromatic N) is 2. The summed E-state index contributed by atoms with van der Waals surface area (Å²) in [5.74, 6) is 1.86. The highest BCUT2D eigenvalue weighted by molar-refractivity contribution is 14.1. The Morgan fingerprint density at radius 1 is 1.19 bits per heavy atom. The lowest BCUT2D eigenvalue weighted by Crippen LogP contribution is -2.30. The maximum Gasteiger partial charge on any atom is 0.162 e. The molecule has 0 saturated heterocycles. The van der Waals surface area contributed by atoms with Gasteiger partial charge in [-0.1, -0.05) is 13.3 Å². The number of hydrogen-bond acceptors (Lipinski definition) is 4. The number of ether oxygens (including phenoxy) is 1. The molecule has 0 aromatic carbocycles. The number of hydrogen-bond donors (Lipinski definition) is 1. The highest BCUT2D eigenvalue weighted by Crippen LogP contribution is 2.41. The third kappa shape index (κ3) is 3.67. The lowest BCUT2D eigenvalue weighted by atomic mass is 10.0. The van der Waals surface area contributed by atoms with E-state index >= 15 is 0 Å². The van der Waals surface area contributed by atoms with Crippen molar-refractivity contribution in [3.05, 3.63) is 15.1 Å². The van der Waals surface area contributed by atoms with Crippen LogP contribution in [-0.4, -0.2) is 23.1 Å². The summed E-state index contributed by atoms with van der Waals surface area (Å²) in [6.45, 7) is 7.95. The molecular formula is C16H26IN3O. The zero-order valence-corrected chi connectivity index (χ0v) is 15.5. The molecular weight excluding hydrogens is 377 g/mol. The zero-order chi connectivity index (χ0) is 15.3. The van der Waals surface area contributed by atoms with Crippen molar-refractivity contribution in [2.45, 2.75) is 64.9 Å². The highest BCUT2D eigenvalue weighted by Gasteiger charge is 2.40. The summed E-state index contributed by atoms with van der Waals surface area (Å²) in [7, 11) is 0. The minimum absolute atomic E-state index is 0.258. The Morgan fingerprint density at radius 3 is 2.48 bits per heavy atom. The van der Waals surface area contributed by atoms with E-state index in [9.17, 15) is 0 Å². The maximum atomic E-state index is 6.13. The second-order valence-electron chi connectivity index (χ2n) is 5.57. The van der Waals surface area contributed by atoms with Crippen molar-refractivity contribution in [2.75, 3.05) is 18.5 Å². The standard InChI is InChI=1S/C16H26IN3O/c1-4-9-12-13(17)14(18-5-2)20-15(19-12)16(21-6-3)10-7-8-11-16/h4-11H2,1-3H3,(H,18,19,20). The van der Waals surface area contributed by atoms with Gasteiger partial charge in [0.05, 0.1) is 9.26 Å². The summed E-state index contributed by atoms with van der Waals surface area (Å²) in [4.78, 5) is 9.72. The summed E-state index contributed by atoms with van der Waals surface area (Å²) in [5.41, 5.74) is 0.899. The van der Waals surface area contributed by atoms with Crippen LogP contribution in [0.4, 0.5) is 5.82 Å². The van der Waals surface area contributed by atoms with E-state index in [1.807, 2.05) is 0 Å². The van der Waals surface area contributed by atoms with Gasteiger partial charge in [0.15, 0.2) is 5.82 Å². The monoisotopic (exact) mass is 403 g/mol. The molecule has 1 aromatic heterocycles. The van der Waals surface area contributed by atoms with Crippen molar-refractivity contribution < 1.29 is 4.74 Å². The van der Waals surface area contributed by atoms with Crippen molar-refractivity contribution in [3.63, 3.8) is 0 Å². The van der Waals surface area contributed by atoms with E-state index in [-0.39, 0.29) is 5.60 Å². The van der Waals surface area contributed by atoms with Crippen molar-refractivity contribution >= 4 is 28.4 Å². The Kier molecular flexibility index (Phi) is 6.22. The number of aromatic nitrogens is 2. The molecule has 0 atom stereocenters. The van der Waals surface area contributed by atoms with E-state index in [0.29, 0.717) is 0 Å². The third-order valence-corrected chi connectivity index (χ3v) is 5.12. The Labute approximate surface area is 141 Å². The van der Waals surface area contributed by atoms with Crippen molar-refractivity contribution in [2.24, 2.45) is 0 Å². The topological polar surface area (TPSA) is 47.0 Å². The van der Waals surface area contributed by atoms with E-state index in [0.717, 1.165) is 59.7 Å². The van der Waals surface area contributed by atoms with Gasteiger partial charge in [0, 0.05) is 13.2 Å². The fraction of sp³-hybridized carbons (Fsp3) is 0.750. The third-order valence-electron chi connectivity index (χ3n) is 3.99. The average Bonchev–Trinajstić information content (AvgIpc) is 2.94. The molecule has 1 aliphatic carbocycles. The van der Waals surface area contributed by atoms with Gasteiger partial charge in [-0.25, -0.2) is 9.97 Å². The van der Waals surface area contributed by atoms with Crippen molar-refractivity contribution in [3.8, 4) is 0 Å². The number of anilines is 1. The summed E-state index contributed by atoms with van der Waals surface area (Å²) in [6, 6.07) is 0. The normalized spacial score (nSPS) is 17.1. The molecule has 1 aliphatic rings. The Balaban J connectivity index is 2.46. The number of rotatable bonds is 7. The lowest BCUT2D eigenvalue weighted by molar-refractivity contribution is -0.0457. The lowest BCUT2D eigenvalue weighted by Gasteiger charge is -2.28. The molecule has 1 heterocycles. The number of halogens is 1. The number of nitrogens with one attached hydrogen (secondary N) is 1. The fourth-order valence-electron chi connectivity index (χ4n) is 3.04. The van der Waals surface area contributed by atoms with Crippen LogP contribution < -0.4 is 5.32 Å². The average molecular weight is 403 g/mol. The van der Waals surface area contributed by atoms with Crippen LogP contribution in [0, 0.1) is 3.57 Å². The molecule has 0 aliphatic heterocycles. The van der Waals surface area contributed by atoms with E-state index in [4.69, 9.17) is 14.7 Å². The first-order valence-electron chi connectivity index (χ1n) is 8.11. The maximum absolute atomic E-state index is 6.13. The molecule has 0 bridgehead atoms. The second-order valence-corrected chi connectivity index (χ2v) is 6.65. The molecule has 0 unspecified atom stereocenters. The van der Waals surface area contributed by atoms with Gasteiger partial charge in [0.1, 0.15) is 11.4 Å². The predicted octanol–water partition coefficient (Wildman–Crippen LogP) is 4.27. The molecule has 5 heteroatoms. The Morgan fingerprint density at radius 2 is 1.90 bits per heavy atom. The summed E-state index contributed by atoms with van der Waals surface area (Å²) in [5, 5.41) is 3.38. The minimum Gasteiger partial charge on any atom is -0.369 e. The van der Waals surface area contributed by atoms with E-state index in [1.54, 1.807) is 0 Å². The molecule has 2 rings (SSSR count). The van der Waals surface area contributed by atoms with Crippen LogP contribution in [0.1, 0.15) is 64.4 Å². The van der Waals surface area contributed by atoms with Crippen LogP contribution in [0.2, 0.25) is 0 Å². The van der Waals surface area contributed by atoms with E-state index < -0.39 is 0 Å². The Bertz CT molecular complexity index is 446. The summed E-state index contributed by atoms with van der Waals surface area (Å²) in [6.07, 6.45) is 6.58. The van der Waals surface area contributed by atoms with Crippen LogP contribution in [0.25, 0.3) is 0 Å². The number of aryl methyl sites for hydroxylation is 1. The van der Waals surface area contributed by atoms with Gasteiger partial charge in [-0.3, -0.25) is 0 Å². The van der Waals surface area contributed by atoms with Gasteiger partial charge in [-0.15, -0.1) is 0 Å². The largest absolute Gasteiger partial charge is 0.369 e. The first-order valence-corrected chi connectivity index (χ1v) is 9.19. The molecule has 0 amide bonds. The van der Waals surface area contributed by atoms with Gasteiger partial charge >= 0.3 is 0 Å². The van der Waals surface area contributed by atoms with Crippen molar-refractivity contribution in [1.82, 2.24) is 9.97 Å². The van der Waals surface area contributed by atoms with Crippen molar-refractivity contribution in [1.29, 1.82) is 0 Å². The van der Waals surface area contributed by atoms with E-state index in [2.05, 4.69) is 48.7 Å². The van der Waals surface area contributed by atoms with Gasteiger partial charge in [-0.2, -0.15) is 0 Å². The van der Waals surface area contributed by atoms with Crippen LogP contribution in [0.5, 0.6) is 0 Å². The molecule has 0 radical (unpaired) electrons. The molecule has 118 valence electrons. The summed E-state index contributed by atoms with van der Waals surface area (Å²) < 4.78 is 7.28. The zero-order valence-electron chi connectivity index (χ0n) is 13.3. The smallest absolute Gasteiger partial charge is 0.162 e. The van der Waals surface area contributed by atoms with Crippen LogP contribution in [0.3, 0.4) is 0 Å². The quantitative estimate of drug-likeness (QED) is 0.691. The molecule has 1 N–H and O–H groups in total. The second kappa shape index (κ2) is 7.72. The molecule has 0 spiro atoms.